The average molecular weight is 440 g/mol. The van der Waals surface area contributed by atoms with Gasteiger partial charge in [0, 0.05) is 11.6 Å². The fraction of sp³-hybridized carbons (Fsp3) is 0.0625. The van der Waals surface area contributed by atoms with Gasteiger partial charge in [-0.15, -0.1) is 0 Å². The molecule has 0 unspecified atom stereocenters. The molecule has 2 amide bonds. The molecule has 0 aliphatic heterocycles. The Hall–Kier alpha value is -2.78. The Kier molecular flexibility index (Phi) is 6.81. The molecule has 26 heavy (non-hydrogen) atoms. The maximum absolute atomic E-state index is 11.8. The Morgan fingerprint density at radius 3 is 2.65 bits per heavy atom. The van der Waals surface area contributed by atoms with E-state index in [2.05, 4.69) is 31.8 Å². The van der Waals surface area contributed by atoms with Crippen molar-refractivity contribution in [2.45, 2.75) is 6.42 Å². The highest BCUT2D eigenvalue weighted by Crippen LogP contribution is 2.25. The van der Waals surface area contributed by atoms with E-state index in [-0.39, 0.29) is 5.69 Å². The van der Waals surface area contributed by atoms with Crippen molar-refractivity contribution < 1.29 is 14.5 Å². The van der Waals surface area contributed by atoms with Gasteiger partial charge in [-0.25, -0.2) is 5.43 Å². The van der Waals surface area contributed by atoms with Gasteiger partial charge in [-0.1, -0.05) is 29.8 Å². The quantitative estimate of drug-likeness (QED) is 0.310. The summed E-state index contributed by atoms with van der Waals surface area (Å²) in [5, 5.41) is 17.4. The van der Waals surface area contributed by atoms with E-state index >= 15 is 0 Å². The number of carbonyl (C=O) groups is 2. The van der Waals surface area contributed by atoms with E-state index in [9.17, 15) is 19.7 Å². The van der Waals surface area contributed by atoms with Gasteiger partial charge in [0.15, 0.2) is 0 Å². The van der Waals surface area contributed by atoms with Crippen LogP contribution in [0, 0.1) is 10.1 Å². The van der Waals surface area contributed by atoms with Crippen LogP contribution in [0.3, 0.4) is 0 Å². The van der Waals surface area contributed by atoms with Crippen LogP contribution in [0.25, 0.3) is 0 Å². The van der Waals surface area contributed by atoms with Crippen LogP contribution in [-0.4, -0.2) is 23.0 Å². The smallest absolute Gasteiger partial charge is 0.284 e. The second-order valence-corrected chi connectivity index (χ2v) is 6.23. The Morgan fingerprint density at radius 1 is 1.23 bits per heavy atom. The fourth-order valence-corrected chi connectivity index (χ4v) is 2.45. The first-order valence-electron chi connectivity index (χ1n) is 7.17. The molecule has 0 heterocycles. The highest BCUT2D eigenvalue weighted by Gasteiger charge is 2.12. The number of carbonyl (C=O) groups excluding carboxylic acids is 2. The van der Waals surface area contributed by atoms with Gasteiger partial charge in [0.25, 0.3) is 5.69 Å². The molecule has 2 N–H and O–H groups in total. The first kappa shape index (κ1) is 19.5. The third-order valence-electron chi connectivity index (χ3n) is 3.04. The van der Waals surface area contributed by atoms with Crippen LogP contribution in [0.15, 0.2) is 52.0 Å². The van der Waals surface area contributed by atoms with Gasteiger partial charge in [-0.3, -0.25) is 19.7 Å². The second-order valence-electron chi connectivity index (χ2n) is 4.97. The number of anilines is 1. The molecule has 0 saturated carbocycles. The van der Waals surface area contributed by atoms with Crippen molar-refractivity contribution in [3.05, 3.63) is 67.6 Å². The number of benzene rings is 2. The summed E-state index contributed by atoms with van der Waals surface area (Å²) in [6.07, 6.45) is 0.784. The minimum atomic E-state index is -0.641. The molecule has 0 bridgehead atoms. The van der Waals surface area contributed by atoms with E-state index in [1.807, 2.05) is 0 Å². The molecule has 10 heteroatoms. The van der Waals surface area contributed by atoms with E-state index in [0.717, 1.165) is 0 Å². The van der Waals surface area contributed by atoms with Gasteiger partial charge in [-0.2, -0.15) is 5.10 Å². The van der Waals surface area contributed by atoms with Crippen LogP contribution in [0.5, 0.6) is 0 Å². The molecule has 0 saturated heterocycles. The van der Waals surface area contributed by atoms with E-state index in [0.29, 0.717) is 20.7 Å². The standard InChI is InChI=1S/C16H12BrClN4O4/c17-11-6-5-10(7-14(11)22(25)26)9-19-21-16(24)8-15(23)20-13-4-2-1-3-12(13)18/h1-7,9H,8H2,(H,20,23)(H,21,24). The van der Waals surface area contributed by atoms with Crippen molar-refractivity contribution in [3.63, 3.8) is 0 Å². The van der Waals surface area contributed by atoms with Crippen molar-refractivity contribution in [3.8, 4) is 0 Å². The summed E-state index contributed by atoms with van der Waals surface area (Å²) in [7, 11) is 0. The predicted molar refractivity (Wildman–Crippen MR) is 101 cm³/mol. The van der Waals surface area contributed by atoms with Crippen LogP contribution in [0.2, 0.25) is 5.02 Å². The molecule has 8 nitrogen and oxygen atoms in total. The normalized spacial score (nSPS) is 10.5. The van der Waals surface area contributed by atoms with Crippen LogP contribution in [0.4, 0.5) is 11.4 Å². The molecular weight excluding hydrogens is 428 g/mol. The van der Waals surface area contributed by atoms with Crippen molar-refractivity contribution in [1.82, 2.24) is 5.43 Å². The third kappa shape index (κ3) is 5.64. The Labute approximate surface area is 161 Å². The van der Waals surface area contributed by atoms with Crippen LogP contribution in [-0.2, 0) is 9.59 Å². The lowest BCUT2D eigenvalue weighted by atomic mass is 10.2. The molecular formula is C16H12BrClN4O4. The summed E-state index contributed by atoms with van der Waals surface area (Å²) in [6.45, 7) is 0. The van der Waals surface area contributed by atoms with E-state index < -0.39 is 23.2 Å². The third-order valence-corrected chi connectivity index (χ3v) is 4.04. The van der Waals surface area contributed by atoms with Crippen LogP contribution in [0.1, 0.15) is 12.0 Å². The number of hydrazone groups is 1. The van der Waals surface area contributed by atoms with Crippen molar-refractivity contribution in [2.75, 3.05) is 5.32 Å². The first-order valence-corrected chi connectivity index (χ1v) is 8.34. The number of nitro groups is 1. The number of nitrogens with one attached hydrogen (secondary N) is 2. The van der Waals surface area contributed by atoms with E-state index in [1.165, 1.54) is 18.3 Å². The number of hydrogen-bond donors (Lipinski definition) is 2. The molecule has 0 aliphatic rings. The highest BCUT2D eigenvalue weighted by atomic mass is 79.9. The average Bonchev–Trinajstić information content (AvgIpc) is 2.58. The minimum absolute atomic E-state index is 0.126. The number of nitro benzene ring substituents is 1. The number of hydrogen-bond acceptors (Lipinski definition) is 5. The number of nitrogens with zero attached hydrogens (tertiary/aromatic N) is 2. The topological polar surface area (TPSA) is 114 Å². The van der Waals surface area contributed by atoms with Crippen molar-refractivity contribution in [1.29, 1.82) is 0 Å². The van der Waals surface area contributed by atoms with Crippen LogP contribution >= 0.6 is 27.5 Å². The zero-order valence-electron chi connectivity index (χ0n) is 13.1. The lowest BCUT2D eigenvalue weighted by Gasteiger charge is -2.06. The summed E-state index contributed by atoms with van der Waals surface area (Å²) in [5.41, 5.74) is 2.87. The highest BCUT2D eigenvalue weighted by molar-refractivity contribution is 9.10. The molecule has 2 aromatic carbocycles. The zero-order chi connectivity index (χ0) is 19.1. The zero-order valence-corrected chi connectivity index (χ0v) is 15.5. The molecule has 2 aromatic rings. The van der Waals surface area contributed by atoms with Crippen LogP contribution < -0.4 is 10.7 Å². The Balaban J connectivity index is 1.89. The van der Waals surface area contributed by atoms with Crippen molar-refractivity contribution >= 4 is 56.9 Å². The number of para-hydroxylation sites is 1. The Morgan fingerprint density at radius 2 is 1.96 bits per heavy atom. The van der Waals surface area contributed by atoms with Gasteiger partial charge < -0.3 is 5.32 Å². The SMILES string of the molecule is O=C(CC(=O)Nc1ccccc1Cl)NN=Cc1ccc(Br)c([N+](=O)[O-])c1. The number of rotatable bonds is 6. The summed E-state index contributed by atoms with van der Waals surface area (Å²) < 4.78 is 0.333. The van der Waals surface area contributed by atoms with E-state index in [1.54, 1.807) is 30.3 Å². The largest absolute Gasteiger partial charge is 0.324 e. The van der Waals surface area contributed by atoms with Gasteiger partial charge >= 0.3 is 0 Å². The molecule has 0 spiro atoms. The van der Waals surface area contributed by atoms with E-state index in [4.69, 9.17) is 11.6 Å². The summed E-state index contributed by atoms with van der Waals surface area (Å²) in [5.74, 6) is -1.19. The van der Waals surface area contributed by atoms with Gasteiger partial charge in [0.05, 0.1) is 26.3 Å². The number of halogens is 2. The lowest BCUT2D eigenvalue weighted by molar-refractivity contribution is -0.385. The fourth-order valence-electron chi connectivity index (χ4n) is 1.87. The van der Waals surface area contributed by atoms with Gasteiger partial charge in [0.1, 0.15) is 6.42 Å². The maximum atomic E-state index is 11.8. The monoisotopic (exact) mass is 438 g/mol. The number of amides is 2. The summed E-state index contributed by atoms with van der Waals surface area (Å²) in [6, 6.07) is 11.0. The lowest BCUT2D eigenvalue weighted by Crippen LogP contribution is -2.24. The second kappa shape index (κ2) is 9.07. The molecule has 134 valence electrons. The van der Waals surface area contributed by atoms with Gasteiger partial charge in [-0.05, 0) is 34.1 Å². The predicted octanol–water partition coefficient (Wildman–Crippen LogP) is 3.49. The van der Waals surface area contributed by atoms with Crippen molar-refractivity contribution in [2.24, 2.45) is 5.10 Å². The molecule has 0 atom stereocenters. The molecule has 0 aliphatic carbocycles. The molecule has 0 radical (unpaired) electrons. The molecule has 2 rings (SSSR count). The Bertz CT molecular complexity index is 888. The molecule has 0 aromatic heterocycles. The summed E-state index contributed by atoms with van der Waals surface area (Å²) >= 11 is 8.98. The van der Waals surface area contributed by atoms with Gasteiger partial charge in [0.2, 0.25) is 11.8 Å². The maximum Gasteiger partial charge on any atom is 0.284 e. The minimum Gasteiger partial charge on any atom is -0.324 e. The first-order chi connectivity index (χ1) is 12.4. The molecule has 0 fully saturated rings. The summed E-state index contributed by atoms with van der Waals surface area (Å²) in [4.78, 5) is 33.8.